The summed E-state index contributed by atoms with van der Waals surface area (Å²) < 4.78 is 22.6. The van der Waals surface area contributed by atoms with Crippen LogP contribution in [-0.4, -0.2) is 68.3 Å². The van der Waals surface area contributed by atoms with E-state index in [9.17, 15) is 9.59 Å². The van der Waals surface area contributed by atoms with Crippen molar-refractivity contribution in [2.24, 2.45) is 0 Å². The van der Waals surface area contributed by atoms with E-state index in [4.69, 9.17) is 18.6 Å². The van der Waals surface area contributed by atoms with Crippen LogP contribution >= 0.6 is 0 Å². The van der Waals surface area contributed by atoms with Crippen molar-refractivity contribution in [3.8, 4) is 11.5 Å². The van der Waals surface area contributed by atoms with Crippen LogP contribution in [0.4, 0.5) is 0 Å². The van der Waals surface area contributed by atoms with Crippen LogP contribution in [0.3, 0.4) is 0 Å². The number of nitrogens with zero attached hydrogens (tertiary/aromatic N) is 2. The highest BCUT2D eigenvalue weighted by Crippen LogP contribution is 2.39. The molecule has 0 N–H and O–H groups in total. The Kier molecular flexibility index (Phi) is 6.98. The molecular weight excluding hydrogens is 460 g/mol. The lowest BCUT2D eigenvalue weighted by Crippen LogP contribution is -2.38. The molecule has 0 aliphatic carbocycles. The lowest BCUT2D eigenvalue weighted by molar-refractivity contribution is 0.0353. The third-order valence-corrected chi connectivity index (χ3v) is 6.72. The molecule has 8 nitrogen and oxygen atoms in total. The fraction of sp³-hybridized carbons (Fsp3) is 0.429. The Morgan fingerprint density at radius 3 is 2.42 bits per heavy atom. The first kappa shape index (κ1) is 24.3. The van der Waals surface area contributed by atoms with Gasteiger partial charge in [-0.05, 0) is 50.1 Å². The SMILES string of the molecule is COc1ccc2c(=O)c3c(oc2c1)C(=O)N(CCCN1CCOCC1)[C@@H]3c1ccc(OC(C)C)cc1. The van der Waals surface area contributed by atoms with Crippen LogP contribution in [0, 0.1) is 0 Å². The molecule has 3 heterocycles. The van der Waals surface area contributed by atoms with E-state index in [0.717, 1.165) is 50.6 Å². The molecule has 36 heavy (non-hydrogen) atoms. The first-order chi connectivity index (χ1) is 17.5. The quantitative estimate of drug-likeness (QED) is 0.472. The van der Waals surface area contributed by atoms with Gasteiger partial charge in [-0.1, -0.05) is 12.1 Å². The molecule has 0 radical (unpaired) electrons. The summed E-state index contributed by atoms with van der Waals surface area (Å²) in [6.07, 6.45) is 0.837. The number of morpholine rings is 1. The van der Waals surface area contributed by atoms with Gasteiger partial charge in [0.05, 0.1) is 43.4 Å². The van der Waals surface area contributed by atoms with Crippen LogP contribution in [0.25, 0.3) is 11.0 Å². The molecule has 0 bridgehead atoms. The van der Waals surface area contributed by atoms with Gasteiger partial charge in [0.1, 0.15) is 17.1 Å². The average Bonchev–Trinajstić information content (AvgIpc) is 3.16. The zero-order valence-electron chi connectivity index (χ0n) is 21.0. The Labute approximate surface area is 210 Å². The van der Waals surface area contributed by atoms with Crippen molar-refractivity contribution in [1.29, 1.82) is 0 Å². The molecule has 1 aromatic heterocycles. The van der Waals surface area contributed by atoms with E-state index in [1.54, 1.807) is 30.2 Å². The van der Waals surface area contributed by atoms with Gasteiger partial charge in [0, 0.05) is 32.2 Å². The van der Waals surface area contributed by atoms with Crippen molar-refractivity contribution >= 4 is 16.9 Å². The second kappa shape index (κ2) is 10.3. The average molecular weight is 493 g/mol. The number of hydrogen-bond donors (Lipinski definition) is 0. The number of amides is 1. The maximum absolute atomic E-state index is 13.7. The summed E-state index contributed by atoms with van der Waals surface area (Å²) in [6, 6.07) is 12.2. The van der Waals surface area contributed by atoms with E-state index in [1.807, 2.05) is 38.1 Å². The Morgan fingerprint density at radius 1 is 1.00 bits per heavy atom. The van der Waals surface area contributed by atoms with E-state index >= 15 is 0 Å². The number of carbonyl (C=O) groups excluding carboxylic acids is 1. The van der Waals surface area contributed by atoms with Gasteiger partial charge in [-0.15, -0.1) is 0 Å². The van der Waals surface area contributed by atoms with Crippen LogP contribution < -0.4 is 14.9 Å². The maximum Gasteiger partial charge on any atom is 0.290 e. The topological polar surface area (TPSA) is 81.5 Å². The summed E-state index contributed by atoms with van der Waals surface area (Å²) in [6.45, 7) is 8.56. The van der Waals surface area contributed by atoms with Crippen molar-refractivity contribution in [2.75, 3.05) is 46.5 Å². The highest BCUT2D eigenvalue weighted by Gasteiger charge is 2.42. The molecule has 190 valence electrons. The molecule has 1 saturated heterocycles. The van der Waals surface area contributed by atoms with Gasteiger partial charge in [0.25, 0.3) is 5.91 Å². The molecule has 8 heteroatoms. The highest BCUT2D eigenvalue weighted by molar-refractivity contribution is 5.99. The number of benzene rings is 2. The number of carbonyl (C=O) groups is 1. The molecule has 1 atom stereocenters. The predicted molar refractivity (Wildman–Crippen MR) is 136 cm³/mol. The summed E-state index contributed by atoms with van der Waals surface area (Å²) in [4.78, 5) is 31.4. The molecule has 0 unspecified atom stereocenters. The smallest absolute Gasteiger partial charge is 0.290 e. The van der Waals surface area contributed by atoms with Crippen molar-refractivity contribution in [3.05, 3.63) is 69.6 Å². The lowest BCUT2D eigenvalue weighted by atomic mass is 9.98. The fourth-order valence-electron chi connectivity index (χ4n) is 4.99. The molecule has 2 aliphatic rings. The predicted octanol–water partition coefficient (Wildman–Crippen LogP) is 3.86. The van der Waals surface area contributed by atoms with Gasteiger partial charge >= 0.3 is 0 Å². The largest absolute Gasteiger partial charge is 0.497 e. The van der Waals surface area contributed by atoms with Crippen molar-refractivity contribution < 1.29 is 23.4 Å². The van der Waals surface area contributed by atoms with E-state index in [-0.39, 0.29) is 23.2 Å². The van der Waals surface area contributed by atoms with Gasteiger partial charge < -0.3 is 23.5 Å². The van der Waals surface area contributed by atoms with Gasteiger partial charge in [0.2, 0.25) is 5.76 Å². The second-order valence-corrected chi connectivity index (χ2v) is 9.48. The molecule has 1 amide bonds. The number of ether oxygens (including phenoxy) is 3. The molecule has 1 fully saturated rings. The normalized spacial score (nSPS) is 18.2. The van der Waals surface area contributed by atoms with E-state index in [1.165, 1.54) is 0 Å². The molecule has 5 rings (SSSR count). The fourth-order valence-corrected chi connectivity index (χ4v) is 4.99. The van der Waals surface area contributed by atoms with Crippen LogP contribution in [0.5, 0.6) is 11.5 Å². The summed E-state index contributed by atoms with van der Waals surface area (Å²) >= 11 is 0. The Morgan fingerprint density at radius 2 is 1.72 bits per heavy atom. The minimum atomic E-state index is -0.520. The van der Waals surface area contributed by atoms with Gasteiger partial charge in [0.15, 0.2) is 5.43 Å². The minimum absolute atomic E-state index is 0.0525. The third kappa shape index (κ3) is 4.70. The number of hydrogen-bond acceptors (Lipinski definition) is 7. The van der Waals surface area contributed by atoms with Crippen LogP contribution in [0.1, 0.15) is 48.0 Å². The Balaban J connectivity index is 1.52. The number of methoxy groups -OCH3 is 1. The summed E-state index contributed by atoms with van der Waals surface area (Å²) in [5.74, 6) is 1.16. The summed E-state index contributed by atoms with van der Waals surface area (Å²) in [5.41, 5.74) is 1.40. The zero-order valence-corrected chi connectivity index (χ0v) is 21.0. The third-order valence-electron chi connectivity index (χ3n) is 6.72. The maximum atomic E-state index is 13.7. The highest BCUT2D eigenvalue weighted by atomic mass is 16.5. The molecular formula is C28H32N2O6. The summed E-state index contributed by atoms with van der Waals surface area (Å²) in [5, 5.41) is 0.433. The molecule has 2 aromatic carbocycles. The van der Waals surface area contributed by atoms with E-state index in [2.05, 4.69) is 4.90 Å². The first-order valence-electron chi connectivity index (χ1n) is 12.5. The lowest BCUT2D eigenvalue weighted by Gasteiger charge is -2.29. The zero-order chi connectivity index (χ0) is 25.2. The second-order valence-electron chi connectivity index (χ2n) is 9.48. The van der Waals surface area contributed by atoms with Crippen molar-refractivity contribution in [3.63, 3.8) is 0 Å². The Hall–Kier alpha value is -3.36. The van der Waals surface area contributed by atoms with Crippen molar-refractivity contribution in [1.82, 2.24) is 9.80 Å². The van der Waals surface area contributed by atoms with E-state index < -0.39 is 6.04 Å². The van der Waals surface area contributed by atoms with Crippen LogP contribution in [0.15, 0.2) is 51.7 Å². The molecule has 3 aromatic rings. The summed E-state index contributed by atoms with van der Waals surface area (Å²) in [7, 11) is 1.55. The van der Waals surface area contributed by atoms with Crippen LogP contribution in [0.2, 0.25) is 0 Å². The van der Waals surface area contributed by atoms with E-state index in [0.29, 0.717) is 28.8 Å². The minimum Gasteiger partial charge on any atom is -0.497 e. The molecule has 0 saturated carbocycles. The van der Waals surface area contributed by atoms with Gasteiger partial charge in [-0.25, -0.2) is 0 Å². The standard InChI is InChI=1S/C28H32N2O6/c1-18(2)35-20-7-5-19(6-8-20)25-24-26(31)22-10-9-21(33-3)17-23(22)36-27(24)28(32)30(25)12-4-11-29-13-15-34-16-14-29/h5-10,17-18,25H,4,11-16H2,1-3H3/t25-/m1/s1. The molecule has 0 spiro atoms. The molecule has 2 aliphatic heterocycles. The van der Waals surface area contributed by atoms with Crippen molar-refractivity contribution in [2.45, 2.75) is 32.4 Å². The first-order valence-corrected chi connectivity index (χ1v) is 12.5. The number of fused-ring (bicyclic) bond motifs is 2. The van der Waals surface area contributed by atoms with Gasteiger partial charge in [-0.2, -0.15) is 0 Å². The van der Waals surface area contributed by atoms with Gasteiger partial charge in [-0.3, -0.25) is 14.5 Å². The monoisotopic (exact) mass is 492 g/mol. The van der Waals surface area contributed by atoms with Crippen LogP contribution in [-0.2, 0) is 4.74 Å². The number of rotatable bonds is 8. The Bertz CT molecular complexity index is 1290.